The van der Waals surface area contributed by atoms with Crippen LogP contribution < -0.4 is 20.1 Å². The zero-order valence-corrected chi connectivity index (χ0v) is 14.6. The molecular formula is C17H15F3N2O3S. The minimum atomic E-state index is -4.42. The number of alkyl halides is 3. The van der Waals surface area contributed by atoms with E-state index in [0.717, 1.165) is 12.1 Å². The van der Waals surface area contributed by atoms with Gasteiger partial charge in [-0.3, -0.25) is 10.1 Å². The number of carbonyl (C=O) groups excluding carboxylic acids is 1. The minimum Gasteiger partial charge on any atom is -0.496 e. The van der Waals surface area contributed by atoms with E-state index in [4.69, 9.17) is 21.7 Å². The molecule has 1 amide bonds. The topological polar surface area (TPSA) is 59.6 Å². The van der Waals surface area contributed by atoms with Crippen LogP contribution in [0.1, 0.15) is 15.9 Å². The fourth-order valence-electron chi connectivity index (χ4n) is 2.15. The van der Waals surface area contributed by atoms with Crippen molar-refractivity contribution in [3.05, 3.63) is 53.6 Å². The third-order valence-corrected chi connectivity index (χ3v) is 3.56. The number of hydrogen-bond donors (Lipinski definition) is 2. The zero-order valence-electron chi connectivity index (χ0n) is 13.8. The van der Waals surface area contributed by atoms with E-state index >= 15 is 0 Å². The molecule has 2 rings (SSSR count). The van der Waals surface area contributed by atoms with Gasteiger partial charge in [-0.1, -0.05) is 6.07 Å². The summed E-state index contributed by atoms with van der Waals surface area (Å²) < 4.78 is 48.0. The molecular weight excluding hydrogens is 369 g/mol. The maximum atomic E-state index is 12.6. The monoisotopic (exact) mass is 384 g/mol. The molecule has 26 heavy (non-hydrogen) atoms. The Morgan fingerprint density at radius 3 is 2.00 bits per heavy atom. The Morgan fingerprint density at radius 2 is 1.54 bits per heavy atom. The fraction of sp³-hybridized carbons (Fsp3) is 0.176. The van der Waals surface area contributed by atoms with Crippen LogP contribution in [0.25, 0.3) is 0 Å². The molecule has 2 aromatic carbocycles. The Bertz CT molecular complexity index is 786. The third-order valence-electron chi connectivity index (χ3n) is 3.35. The third kappa shape index (κ3) is 4.63. The second-order valence-electron chi connectivity index (χ2n) is 5.02. The summed E-state index contributed by atoms with van der Waals surface area (Å²) in [5.41, 5.74) is -0.332. The second-order valence-corrected chi connectivity index (χ2v) is 5.43. The van der Waals surface area contributed by atoms with Crippen LogP contribution in [0.2, 0.25) is 0 Å². The van der Waals surface area contributed by atoms with Crippen LogP contribution >= 0.6 is 12.2 Å². The van der Waals surface area contributed by atoms with Crippen molar-refractivity contribution in [2.45, 2.75) is 6.18 Å². The first kappa shape index (κ1) is 19.5. The smallest absolute Gasteiger partial charge is 0.416 e. The lowest BCUT2D eigenvalue weighted by molar-refractivity contribution is -0.137. The SMILES string of the molecule is COc1cccc(OC)c1C(=O)NC(=S)Nc1ccc(C(F)(F)F)cc1. The number of methoxy groups -OCH3 is 2. The van der Waals surface area contributed by atoms with E-state index in [2.05, 4.69) is 10.6 Å². The maximum absolute atomic E-state index is 12.6. The number of nitrogens with one attached hydrogen (secondary N) is 2. The molecule has 2 aromatic rings. The van der Waals surface area contributed by atoms with Crippen molar-refractivity contribution >= 4 is 28.9 Å². The summed E-state index contributed by atoms with van der Waals surface area (Å²) in [5.74, 6) is 0.00192. The highest BCUT2D eigenvalue weighted by atomic mass is 32.1. The van der Waals surface area contributed by atoms with Crippen molar-refractivity contribution < 1.29 is 27.4 Å². The molecule has 138 valence electrons. The molecule has 0 aromatic heterocycles. The summed E-state index contributed by atoms with van der Waals surface area (Å²) in [6.07, 6.45) is -4.42. The maximum Gasteiger partial charge on any atom is 0.416 e. The van der Waals surface area contributed by atoms with Gasteiger partial charge in [0.05, 0.1) is 19.8 Å². The van der Waals surface area contributed by atoms with Gasteiger partial charge in [0, 0.05) is 5.69 Å². The van der Waals surface area contributed by atoms with Gasteiger partial charge in [-0.25, -0.2) is 0 Å². The van der Waals surface area contributed by atoms with E-state index in [-0.39, 0.29) is 10.7 Å². The van der Waals surface area contributed by atoms with E-state index in [1.54, 1.807) is 18.2 Å². The molecule has 0 atom stereocenters. The highest BCUT2D eigenvalue weighted by Crippen LogP contribution is 2.30. The van der Waals surface area contributed by atoms with Crippen LogP contribution in [-0.2, 0) is 6.18 Å². The second kappa shape index (κ2) is 8.05. The average Bonchev–Trinajstić information content (AvgIpc) is 2.60. The van der Waals surface area contributed by atoms with Gasteiger partial charge >= 0.3 is 6.18 Å². The standard InChI is InChI=1S/C17H15F3N2O3S/c1-24-12-4-3-5-13(25-2)14(12)15(23)22-16(26)21-11-8-6-10(7-9-11)17(18,19)20/h3-9H,1-2H3,(H2,21,22,23,26). The molecule has 0 bridgehead atoms. The number of carbonyl (C=O) groups is 1. The van der Waals surface area contributed by atoms with Crippen molar-refractivity contribution in [1.29, 1.82) is 0 Å². The van der Waals surface area contributed by atoms with Gasteiger partial charge in [0.2, 0.25) is 0 Å². The fourth-order valence-corrected chi connectivity index (χ4v) is 2.36. The molecule has 2 N–H and O–H groups in total. The Labute approximate surface area is 153 Å². The molecule has 5 nitrogen and oxygen atoms in total. The van der Waals surface area contributed by atoms with E-state index in [1.807, 2.05) is 0 Å². The Hall–Kier alpha value is -2.81. The molecule has 0 aliphatic heterocycles. The van der Waals surface area contributed by atoms with Crippen LogP contribution in [0.5, 0.6) is 11.5 Å². The molecule has 0 fully saturated rings. The highest BCUT2D eigenvalue weighted by Gasteiger charge is 2.30. The quantitative estimate of drug-likeness (QED) is 0.785. The van der Waals surface area contributed by atoms with Gasteiger partial charge in [-0.05, 0) is 48.6 Å². The summed E-state index contributed by atoms with van der Waals surface area (Å²) in [6.45, 7) is 0. The van der Waals surface area contributed by atoms with E-state index in [9.17, 15) is 18.0 Å². The molecule has 0 saturated carbocycles. The lowest BCUT2D eigenvalue weighted by atomic mass is 10.1. The molecule has 0 saturated heterocycles. The number of rotatable bonds is 4. The van der Waals surface area contributed by atoms with Gasteiger partial charge in [-0.2, -0.15) is 13.2 Å². The van der Waals surface area contributed by atoms with Crippen LogP contribution in [0.3, 0.4) is 0 Å². The molecule has 0 heterocycles. The summed E-state index contributed by atoms with van der Waals surface area (Å²) in [7, 11) is 2.81. The number of thiocarbonyl (C=S) groups is 1. The molecule has 0 radical (unpaired) electrons. The van der Waals surface area contributed by atoms with Gasteiger partial charge in [0.25, 0.3) is 5.91 Å². The van der Waals surface area contributed by atoms with Gasteiger partial charge in [-0.15, -0.1) is 0 Å². The summed E-state index contributed by atoms with van der Waals surface area (Å²) in [5, 5.41) is 5.00. The molecule has 0 spiro atoms. The number of amides is 1. The lowest BCUT2D eigenvalue weighted by Gasteiger charge is -2.14. The number of halogens is 3. The van der Waals surface area contributed by atoms with Crippen molar-refractivity contribution in [1.82, 2.24) is 5.32 Å². The van der Waals surface area contributed by atoms with Crippen LogP contribution in [0.4, 0.5) is 18.9 Å². The van der Waals surface area contributed by atoms with Crippen molar-refractivity contribution in [2.75, 3.05) is 19.5 Å². The number of benzene rings is 2. The number of ether oxygens (including phenoxy) is 2. The van der Waals surface area contributed by atoms with E-state index in [1.165, 1.54) is 26.4 Å². The zero-order chi connectivity index (χ0) is 19.3. The predicted octanol–water partition coefficient (Wildman–Crippen LogP) is 3.85. The largest absolute Gasteiger partial charge is 0.496 e. The van der Waals surface area contributed by atoms with Gasteiger partial charge in [0.15, 0.2) is 5.11 Å². The number of anilines is 1. The Morgan fingerprint density at radius 1 is 1.00 bits per heavy atom. The van der Waals surface area contributed by atoms with E-state index in [0.29, 0.717) is 17.2 Å². The predicted molar refractivity (Wildman–Crippen MR) is 94.7 cm³/mol. The first-order valence-electron chi connectivity index (χ1n) is 7.27. The molecule has 9 heteroatoms. The summed E-state index contributed by atoms with van der Waals surface area (Å²) >= 11 is 5.03. The van der Waals surface area contributed by atoms with Gasteiger partial charge in [0.1, 0.15) is 17.1 Å². The first-order valence-corrected chi connectivity index (χ1v) is 7.67. The van der Waals surface area contributed by atoms with E-state index < -0.39 is 17.6 Å². The molecule has 0 unspecified atom stereocenters. The molecule has 0 aliphatic carbocycles. The number of hydrogen-bond acceptors (Lipinski definition) is 4. The van der Waals surface area contributed by atoms with Crippen molar-refractivity contribution in [3.63, 3.8) is 0 Å². The normalized spacial score (nSPS) is 10.8. The summed E-state index contributed by atoms with van der Waals surface area (Å²) in [4.78, 5) is 12.4. The van der Waals surface area contributed by atoms with Crippen LogP contribution in [-0.4, -0.2) is 25.2 Å². The first-order chi connectivity index (χ1) is 12.3. The Balaban J connectivity index is 2.10. The Kier molecular flexibility index (Phi) is 6.04. The highest BCUT2D eigenvalue weighted by molar-refractivity contribution is 7.80. The van der Waals surface area contributed by atoms with Crippen molar-refractivity contribution in [2.24, 2.45) is 0 Å². The van der Waals surface area contributed by atoms with Gasteiger partial charge < -0.3 is 14.8 Å². The van der Waals surface area contributed by atoms with Crippen molar-refractivity contribution in [3.8, 4) is 11.5 Å². The van der Waals surface area contributed by atoms with Crippen LogP contribution in [0.15, 0.2) is 42.5 Å². The average molecular weight is 384 g/mol. The minimum absolute atomic E-state index is 0.0808. The van der Waals surface area contributed by atoms with Crippen LogP contribution in [0, 0.1) is 0 Å². The molecule has 0 aliphatic rings. The lowest BCUT2D eigenvalue weighted by Crippen LogP contribution is -2.34. The summed E-state index contributed by atoms with van der Waals surface area (Å²) in [6, 6.07) is 9.09.